The van der Waals surface area contributed by atoms with Gasteiger partial charge in [-0.3, -0.25) is 0 Å². The van der Waals surface area contributed by atoms with Crippen molar-refractivity contribution in [3.05, 3.63) is 47.9 Å². The fourth-order valence-electron chi connectivity index (χ4n) is 1.55. The van der Waals surface area contributed by atoms with Crippen LogP contribution >= 0.6 is 0 Å². The molecular formula is C13H15NO2. The van der Waals surface area contributed by atoms with Gasteiger partial charge >= 0.3 is 0 Å². The van der Waals surface area contributed by atoms with Crippen LogP contribution in [0, 0.1) is 6.92 Å². The minimum atomic E-state index is 0.661. The molecule has 0 unspecified atom stereocenters. The van der Waals surface area contributed by atoms with Gasteiger partial charge in [0.25, 0.3) is 0 Å². The van der Waals surface area contributed by atoms with Gasteiger partial charge in [-0.05, 0) is 31.2 Å². The highest BCUT2D eigenvalue weighted by Gasteiger charge is 2.02. The van der Waals surface area contributed by atoms with Gasteiger partial charge in [-0.1, -0.05) is 12.1 Å². The molecule has 16 heavy (non-hydrogen) atoms. The van der Waals surface area contributed by atoms with E-state index in [1.54, 1.807) is 7.11 Å². The first-order valence-corrected chi connectivity index (χ1v) is 5.22. The highest BCUT2D eigenvalue weighted by Crippen LogP contribution is 2.23. The Morgan fingerprint density at radius 3 is 2.69 bits per heavy atom. The molecule has 3 heteroatoms. The van der Waals surface area contributed by atoms with E-state index in [4.69, 9.17) is 9.15 Å². The van der Waals surface area contributed by atoms with E-state index in [2.05, 4.69) is 5.32 Å². The molecule has 2 rings (SSSR count). The number of ether oxygens (including phenoxy) is 1. The number of hydrogen-bond acceptors (Lipinski definition) is 3. The van der Waals surface area contributed by atoms with Crippen LogP contribution in [0.4, 0.5) is 5.69 Å². The zero-order chi connectivity index (χ0) is 11.4. The molecule has 0 aliphatic rings. The van der Waals surface area contributed by atoms with Crippen LogP contribution in [0.15, 0.2) is 40.8 Å². The molecule has 0 spiro atoms. The number of rotatable bonds is 4. The number of aryl methyl sites for hydroxylation is 1. The summed E-state index contributed by atoms with van der Waals surface area (Å²) in [6.45, 7) is 2.60. The maximum Gasteiger partial charge on any atom is 0.141 e. The van der Waals surface area contributed by atoms with E-state index < -0.39 is 0 Å². The van der Waals surface area contributed by atoms with Crippen LogP contribution in [0.5, 0.6) is 5.75 Å². The van der Waals surface area contributed by atoms with Crippen molar-refractivity contribution in [2.75, 3.05) is 12.4 Å². The molecule has 0 saturated heterocycles. The summed E-state index contributed by atoms with van der Waals surface area (Å²) in [5.74, 6) is 2.69. The van der Waals surface area contributed by atoms with Crippen LogP contribution in [-0.4, -0.2) is 7.11 Å². The largest absolute Gasteiger partial charge is 0.495 e. The molecule has 84 valence electrons. The average Bonchev–Trinajstić information content (AvgIpc) is 2.73. The summed E-state index contributed by atoms with van der Waals surface area (Å²) in [6, 6.07) is 11.8. The summed E-state index contributed by atoms with van der Waals surface area (Å²) in [5.41, 5.74) is 0.971. The lowest BCUT2D eigenvalue weighted by molar-refractivity contribution is 0.416. The summed E-state index contributed by atoms with van der Waals surface area (Å²) in [4.78, 5) is 0. The molecule has 0 aliphatic carbocycles. The SMILES string of the molecule is COc1ccccc1NCc1ccc(C)o1. The third-order valence-corrected chi connectivity index (χ3v) is 2.36. The maximum atomic E-state index is 5.48. The summed E-state index contributed by atoms with van der Waals surface area (Å²) < 4.78 is 10.7. The van der Waals surface area contributed by atoms with E-state index in [-0.39, 0.29) is 0 Å². The van der Waals surface area contributed by atoms with Crippen LogP contribution in [0.1, 0.15) is 11.5 Å². The topological polar surface area (TPSA) is 34.4 Å². The molecule has 0 aliphatic heterocycles. The van der Waals surface area contributed by atoms with Crippen LogP contribution in [0.25, 0.3) is 0 Å². The molecule has 1 aromatic carbocycles. The molecule has 1 aromatic heterocycles. The Labute approximate surface area is 95.0 Å². The molecule has 1 N–H and O–H groups in total. The second-order valence-electron chi connectivity index (χ2n) is 3.57. The molecule has 1 heterocycles. The van der Waals surface area contributed by atoms with E-state index in [1.807, 2.05) is 43.3 Å². The summed E-state index contributed by atoms with van der Waals surface area (Å²) in [5, 5.41) is 3.28. The molecule has 3 nitrogen and oxygen atoms in total. The molecule has 0 radical (unpaired) electrons. The second-order valence-corrected chi connectivity index (χ2v) is 3.57. The summed E-state index contributed by atoms with van der Waals surface area (Å²) >= 11 is 0. The van der Waals surface area contributed by atoms with E-state index in [9.17, 15) is 0 Å². The lowest BCUT2D eigenvalue weighted by Crippen LogP contribution is -2.00. The lowest BCUT2D eigenvalue weighted by Gasteiger charge is -2.09. The Bertz CT molecular complexity index is 462. The van der Waals surface area contributed by atoms with Crippen molar-refractivity contribution in [3.63, 3.8) is 0 Å². The minimum absolute atomic E-state index is 0.661. The van der Waals surface area contributed by atoms with Crippen LogP contribution in [0.3, 0.4) is 0 Å². The standard InChI is InChI=1S/C13H15NO2/c1-10-7-8-11(16-10)9-14-12-5-3-4-6-13(12)15-2/h3-8,14H,9H2,1-2H3. The van der Waals surface area contributed by atoms with Crippen molar-refractivity contribution in [1.29, 1.82) is 0 Å². The number of nitrogens with one attached hydrogen (secondary N) is 1. The van der Waals surface area contributed by atoms with Gasteiger partial charge in [0.2, 0.25) is 0 Å². The van der Waals surface area contributed by atoms with Gasteiger partial charge in [-0.2, -0.15) is 0 Å². The van der Waals surface area contributed by atoms with Gasteiger partial charge in [0.05, 0.1) is 19.3 Å². The quantitative estimate of drug-likeness (QED) is 0.853. The lowest BCUT2D eigenvalue weighted by atomic mass is 10.3. The van der Waals surface area contributed by atoms with E-state index in [1.165, 1.54) is 0 Å². The van der Waals surface area contributed by atoms with E-state index >= 15 is 0 Å². The summed E-state index contributed by atoms with van der Waals surface area (Å²) in [6.07, 6.45) is 0. The highest BCUT2D eigenvalue weighted by molar-refractivity contribution is 5.56. The number of methoxy groups -OCH3 is 1. The van der Waals surface area contributed by atoms with Gasteiger partial charge in [0, 0.05) is 0 Å². The molecule has 2 aromatic rings. The highest BCUT2D eigenvalue weighted by atomic mass is 16.5. The maximum absolute atomic E-state index is 5.48. The Morgan fingerprint density at radius 2 is 2.00 bits per heavy atom. The zero-order valence-corrected chi connectivity index (χ0v) is 9.49. The predicted molar refractivity (Wildman–Crippen MR) is 63.8 cm³/mol. The first kappa shape index (κ1) is 10.6. The van der Waals surface area contributed by atoms with Gasteiger partial charge < -0.3 is 14.5 Å². The van der Waals surface area contributed by atoms with Gasteiger partial charge in [-0.25, -0.2) is 0 Å². The van der Waals surface area contributed by atoms with E-state index in [0.717, 1.165) is 23.0 Å². The van der Waals surface area contributed by atoms with Crippen LogP contribution in [-0.2, 0) is 6.54 Å². The second kappa shape index (κ2) is 4.75. The third kappa shape index (κ3) is 2.37. The van der Waals surface area contributed by atoms with E-state index in [0.29, 0.717) is 6.54 Å². The van der Waals surface area contributed by atoms with Crippen molar-refractivity contribution < 1.29 is 9.15 Å². The van der Waals surface area contributed by atoms with Crippen molar-refractivity contribution in [2.24, 2.45) is 0 Å². The number of anilines is 1. The van der Waals surface area contributed by atoms with Crippen LogP contribution in [0.2, 0.25) is 0 Å². The summed E-state index contributed by atoms with van der Waals surface area (Å²) in [7, 11) is 1.66. The van der Waals surface area contributed by atoms with Gasteiger partial charge in [0.15, 0.2) is 0 Å². The minimum Gasteiger partial charge on any atom is -0.495 e. The monoisotopic (exact) mass is 217 g/mol. The molecular weight excluding hydrogens is 202 g/mol. The molecule has 0 saturated carbocycles. The first-order valence-electron chi connectivity index (χ1n) is 5.22. The third-order valence-electron chi connectivity index (χ3n) is 2.36. The Balaban J connectivity index is 2.04. The van der Waals surface area contributed by atoms with Crippen molar-refractivity contribution >= 4 is 5.69 Å². The fourth-order valence-corrected chi connectivity index (χ4v) is 1.55. The number of para-hydroxylation sites is 2. The Kier molecular flexibility index (Phi) is 3.15. The average molecular weight is 217 g/mol. The predicted octanol–water partition coefficient (Wildman–Crippen LogP) is 3.21. The fraction of sp³-hybridized carbons (Fsp3) is 0.231. The molecule has 0 amide bonds. The molecule has 0 fully saturated rings. The van der Waals surface area contributed by atoms with Crippen LogP contribution < -0.4 is 10.1 Å². The smallest absolute Gasteiger partial charge is 0.141 e. The van der Waals surface area contributed by atoms with Gasteiger partial charge in [-0.15, -0.1) is 0 Å². The Morgan fingerprint density at radius 1 is 1.19 bits per heavy atom. The zero-order valence-electron chi connectivity index (χ0n) is 9.49. The van der Waals surface area contributed by atoms with Gasteiger partial charge in [0.1, 0.15) is 17.3 Å². The van der Waals surface area contributed by atoms with Crippen molar-refractivity contribution in [1.82, 2.24) is 0 Å². The Hall–Kier alpha value is -1.90. The number of hydrogen-bond donors (Lipinski definition) is 1. The normalized spacial score (nSPS) is 10.1. The number of benzene rings is 1. The first-order chi connectivity index (χ1) is 7.79. The number of furan rings is 1. The van der Waals surface area contributed by atoms with Crippen molar-refractivity contribution in [2.45, 2.75) is 13.5 Å². The molecule has 0 bridgehead atoms. The molecule has 0 atom stereocenters. The van der Waals surface area contributed by atoms with Crippen molar-refractivity contribution in [3.8, 4) is 5.75 Å².